The number of nitrogens with zero attached hydrogens (tertiary/aromatic N) is 2. The van der Waals surface area contributed by atoms with Crippen LogP contribution in [0.5, 0.6) is 0 Å². The second-order valence-electron chi connectivity index (χ2n) is 6.24. The van der Waals surface area contributed by atoms with Gasteiger partial charge in [0.15, 0.2) is 5.96 Å². The van der Waals surface area contributed by atoms with E-state index in [9.17, 15) is 4.79 Å². The molecule has 0 heterocycles. The lowest BCUT2D eigenvalue weighted by Gasteiger charge is -2.31. The third kappa shape index (κ3) is 7.49. The monoisotopic (exact) mass is 456 g/mol. The predicted octanol–water partition coefficient (Wildman–Crippen LogP) is 2.56. The molecule has 1 fully saturated rings. The summed E-state index contributed by atoms with van der Waals surface area (Å²) in [4.78, 5) is 18.5. The molecule has 1 aliphatic rings. The summed E-state index contributed by atoms with van der Waals surface area (Å²) in [5.74, 6) is 2.25. The maximum atomic E-state index is 12.5. The maximum absolute atomic E-state index is 12.5. The quantitative estimate of drug-likeness (QED) is 0.255. The first-order valence-corrected chi connectivity index (χ1v) is 9.60. The number of nitrogens with one attached hydrogen (secondary N) is 2. The summed E-state index contributed by atoms with van der Waals surface area (Å²) in [7, 11) is 5.48. The Kier molecular flexibility index (Phi) is 12.1. The van der Waals surface area contributed by atoms with Gasteiger partial charge in [-0.05, 0) is 37.7 Å². The van der Waals surface area contributed by atoms with Crippen LogP contribution in [-0.2, 0) is 4.79 Å². The molecule has 0 radical (unpaired) electrons. The molecule has 2 N–H and O–H groups in total. The first-order chi connectivity index (χ1) is 10.6. The van der Waals surface area contributed by atoms with E-state index in [-0.39, 0.29) is 35.3 Å². The van der Waals surface area contributed by atoms with E-state index in [0.29, 0.717) is 6.54 Å². The van der Waals surface area contributed by atoms with Gasteiger partial charge in [-0.15, -0.1) is 24.0 Å². The van der Waals surface area contributed by atoms with Crippen molar-refractivity contribution in [2.24, 2.45) is 10.4 Å². The van der Waals surface area contributed by atoms with Crippen LogP contribution in [0.1, 0.15) is 38.5 Å². The number of rotatable bonds is 8. The minimum Gasteiger partial charge on any atom is -0.356 e. The van der Waals surface area contributed by atoms with Crippen molar-refractivity contribution in [2.45, 2.75) is 38.5 Å². The van der Waals surface area contributed by atoms with Gasteiger partial charge in [-0.2, -0.15) is 11.8 Å². The molecule has 0 atom stereocenters. The minimum atomic E-state index is -0.250. The van der Waals surface area contributed by atoms with Gasteiger partial charge in [-0.1, -0.05) is 12.8 Å². The lowest BCUT2D eigenvalue weighted by atomic mass is 9.84. The van der Waals surface area contributed by atoms with Gasteiger partial charge in [0.1, 0.15) is 0 Å². The summed E-state index contributed by atoms with van der Waals surface area (Å²) in [6, 6.07) is 0. The summed E-state index contributed by atoms with van der Waals surface area (Å²) in [5.41, 5.74) is -0.250. The molecule has 0 aromatic heterocycles. The van der Waals surface area contributed by atoms with E-state index in [0.717, 1.165) is 44.6 Å². The SMILES string of the molecule is CN=C(NCCCCSC)NCC1(C(=O)N(C)C)CCCC1.I. The average molecular weight is 456 g/mol. The molecule has 0 aromatic carbocycles. The topological polar surface area (TPSA) is 56.7 Å². The van der Waals surface area contributed by atoms with Crippen molar-refractivity contribution in [3.05, 3.63) is 0 Å². The van der Waals surface area contributed by atoms with Crippen molar-refractivity contribution in [1.82, 2.24) is 15.5 Å². The standard InChI is InChI=1S/C16H32N4OS.HI/c1-17-15(18-11-7-8-12-22-4)19-13-16(9-5-6-10-16)14(21)20(2)3;/h5-13H2,1-4H3,(H2,17,18,19);1H. The number of amides is 1. The van der Waals surface area contributed by atoms with E-state index in [4.69, 9.17) is 0 Å². The van der Waals surface area contributed by atoms with Gasteiger partial charge >= 0.3 is 0 Å². The summed E-state index contributed by atoms with van der Waals surface area (Å²) in [5, 5.41) is 6.71. The fraction of sp³-hybridized carbons (Fsp3) is 0.875. The third-order valence-corrected chi connectivity index (χ3v) is 5.00. The highest BCUT2D eigenvalue weighted by molar-refractivity contribution is 14.0. The fourth-order valence-electron chi connectivity index (χ4n) is 3.04. The van der Waals surface area contributed by atoms with Crippen LogP contribution < -0.4 is 10.6 Å². The summed E-state index contributed by atoms with van der Waals surface area (Å²) in [6.45, 7) is 1.60. The lowest BCUT2D eigenvalue weighted by Crippen LogP contribution is -2.49. The molecule has 0 aromatic rings. The molecule has 23 heavy (non-hydrogen) atoms. The van der Waals surface area contributed by atoms with Crippen LogP contribution >= 0.6 is 35.7 Å². The van der Waals surface area contributed by atoms with E-state index in [1.54, 1.807) is 11.9 Å². The van der Waals surface area contributed by atoms with Crippen LogP contribution in [0.3, 0.4) is 0 Å². The minimum absolute atomic E-state index is 0. The Balaban J connectivity index is 0.00000484. The molecule has 1 amide bonds. The zero-order chi connectivity index (χ0) is 16.4. The first kappa shape index (κ1) is 22.8. The molecule has 0 aliphatic heterocycles. The van der Waals surface area contributed by atoms with Gasteiger partial charge < -0.3 is 15.5 Å². The molecule has 1 rings (SSSR count). The number of guanidine groups is 1. The van der Waals surface area contributed by atoms with Crippen LogP contribution in [0.2, 0.25) is 0 Å². The van der Waals surface area contributed by atoms with Gasteiger partial charge in [-0.25, -0.2) is 0 Å². The van der Waals surface area contributed by atoms with Gasteiger partial charge in [0.25, 0.3) is 0 Å². The van der Waals surface area contributed by atoms with Gasteiger partial charge in [-0.3, -0.25) is 9.79 Å². The maximum Gasteiger partial charge on any atom is 0.230 e. The van der Waals surface area contributed by atoms with Gasteiger partial charge in [0.05, 0.1) is 5.41 Å². The number of aliphatic imine (C=N–C) groups is 1. The molecular weight excluding hydrogens is 423 g/mol. The second kappa shape index (κ2) is 12.2. The number of thioether (sulfide) groups is 1. The molecule has 0 bridgehead atoms. The molecule has 5 nitrogen and oxygen atoms in total. The Hall–Kier alpha value is -0.180. The predicted molar refractivity (Wildman–Crippen MR) is 112 cm³/mol. The van der Waals surface area contributed by atoms with Crippen LogP contribution in [-0.4, -0.2) is 63.0 Å². The Bertz CT molecular complexity index is 371. The molecule has 0 unspecified atom stereocenters. The summed E-state index contributed by atoms with van der Waals surface area (Å²) < 4.78 is 0. The molecule has 0 saturated heterocycles. The normalized spacial score (nSPS) is 16.6. The Morgan fingerprint density at radius 2 is 1.87 bits per heavy atom. The lowest BCUT2D eigenvalue weighted by molar-refractivity contribution is -0.138. The largest absolute Gasteiger partial charge is 0.356 e. The Morgan fingerprint density at radius 3 is 2.39 bits per heavy atom. The van der Waals surface area contributed by atoms with Crippen molar-refractivity contribution in [2.75, 3.05) is 46.2 Å². The number of unbranched alkanes of at least 4 members (excludes halogenated alkanes) is 1. The van der Waals surface area contributed by atoms with Crippen LogP contribution in [0.15, 0.2) is 4.99 Å². The second-order valence-corrected chi connectivity index (χ2v) is 7.23. The van der Waals surface area contributed by atoms with Gasteiger partial charge in [0, 0.05) is 34.2 Å². The first-order valence-electron chi connectivity index (χ1n) is 8.21. The zero-order valence-corrected chi connectivity index (χ0v) is 18.1. The number of halogens is 1. The van der Waals surface area contributed by atoms with Crippen molar-refractivity contribution in [3.63, 3.8) is 0 Å². The van der Waals surface area contributed by atoms with Crippen molar-refractivity contribution in [3.8, 4) is 0 Å². The highest BCUT2D eigenvalue weighted by Gasteiger charge is 2.42. The van der Waals surface area contributed by atoms with E-state index in [2.05, 4.69) is 21.9 Å². The smallest absolute Gasteiger partial charge is 0.230 e. The third-order valence-electron chi connectivity index (χ3n) is 4.31. The highest BCUT2D eigenvalue weighted by Crippen LogP contribution is 2.38. The van der Waals surface area contributed by atoms with Crippen molar-refractivity contribution < 1.29 is 4.79 Å². The molecular formula is C16H33IN4OS. The number of carbonyl (C=O) groups is 1. The molecule has 7 heteroatoms. The summed E-state index contributed by atoms with van der Waals surface area (Å²) >= 11 is 1.88. The highest BCUT2D eigenvalue weighted by atomic mass is 127. The number of hydrogen-bond donors (Lipinski definition) is 2. The fourth-order valence-corrected chi connectivity index (χ4v) is 3.54. The summed E-state index contributed by atoms with van der Waals surface area (Å²) in [6.07, 6.45) is 8.72. The molecule has 1 aliphatic carbocycles. The van der Waals surface area contributed by atoms with Crippen LogP contribution in [0, 0.1) is 5.41 Å². The Morgan fingerprint density at radius 1 is 1.22 bits per heavy atom. The van der Waals surface area contributed by atoms with Crippen molar-refractivity contribution in [1.29, 1.82) is 0 Å². The van der Waals surface area contributed by atoms with E-state index in [1.165, 1.54) is 12.2 Å². The molecule has 0 spiro atoms. The number of carbonyl (C=O) groups excluding carboxylic acids is 1. The zero-order valence-electron chi connectivity index (χ0n) is 15.0. The van der Waals surface area contributed by atoms with E-state index >= 15 is 0 Å². The van der Waals surface area contributed by atoms with E-state index in [1.807, 2.05) is 25.9 Å². The van der Waals surface area contributed by atoms with Crippen LogP contribution in [0.4, 0.5) is 0 Å². The van der Waals surface area contributed by atoms with Crippen molar-refractivity contribution >= 4 is 47.6 Å². The average Bonchev–Trinajstić information content (AvgIpc) is 2.99. The molecule has 136 valence electrons. The van der Waals surface area contributed by atoms with Crippen LogP contribution in [0.25, 0.3) is 0 Å². The molecule has 1 saturated carbocycles. The van der Waals surface area contributed by atoms with Gasteiger partial charge in [0.2, 0.25) is 5.91 Å². The number of hydrogen-bond acceptors (Lipinski definition) is 3. The Labute approximate surface area is 162 Å². The van der Waals surface area contributed by atoms with E-state index < -0.39 is 0 Å².